The Morgan fingerprint density at radius 1 is 1.47 bits per heavy atom. The molecule has 1 fully saturated rings. The molecule has 0 amide bonds. The minimum absolute atomic E-state index is 0.495. The monoisotopic (exact) mass is 208 g/mol. The van der Waals surface area contributed by atoms with Crippen molar-refractivity contribution in [2.75, 3.05) is 31.2 Å². The number of nitrogens with two attached hydrogens (primary N) is 1. The number of aromatic nitrogens is 2. The second-order valence-corrected chi connectivity index (χ2v) is 3.58. The summed E-state index contributed by atoms with van der Waals surface area (Å²) < 4.78 is 5.28. The van der Waals surface area contributed by atoms with Crippen molar-refractivity contribution in [3.63, 3.8) is 0 Å². The Balaban J connectivity index is 2.17. The molecule has 0 atom stereocenters. The zero-order valence-electron chi connectivity index (χ0n) is 8.94. The molecule has 1 aromatic heterocycles. The summed E-state index contributed by atoms with van der Waals surface area (Å²) in [6, 6.07) is 0. The number of nitrogens with zero attached hydrogens (tertiary/aromatic N) is 3. The molecule has 0 saturated carbocycles. The van der Waals surface area contributed by atoms with Gasteiger partial charge in [0, 0.05) is 37.1 Å². The molecule has 2 heterocycles. The van der Waals surface area contributed by atoms with Crippen LogP contribution in [0.25, 0.3) is 0 Å². The largest absolute Gasteiger partial charge is 0.378 e. The molecule has 2 rings (SSSR count). The van der Waals surface area contributed by atoms with Gasteiger partial charge >= 0.3 is 0 Å². The van der Waals surface area contributed by atoms with E-state index in [4.69, 9.17) is 10.5 Å². The van der Waals surface area contributed by atoms with Gasteiger partial charge in [0.25, 0.3) is 0 Å². The number of ether oxygens (including phenoxy) is 1. The third-order valence-corrected chi connectivity index (χ3v) is 2.58. The first-order valence-electron chi connectivity index (χ1n) is 5.16. The van der Waals surface area contributed by atoms with Crippen LogP contribution in [0.15, 0.2) is 6.20 Å². The number of hydrogen-bond acceptors (Lipinski definition) is 5. The van der Waals surface area contributed by atoms with Crippen molar-refractivity contribution < 1.29 is 4.74 Å². The summed E-state index contributed by atoms with van der Waals surface area (Å²) in [4.78, 5) is 10.9. The highest BCUT2D eigenvalue weighted by Crippen LogP contribution is 2.12. The van der Waals surface area contributed by atoms with Crippen LogP contribution in [0.3, 0.4) is 0 Å². The van der Waals surface area contributed by atoms with Crippen molar-refractivity contribution in [3.8, 4) is 0 Å². The summed E-state index contributed by atoms with van der Waals surface area (Å²) in [6.45, 7) is 5.69. The quantitative estimate of drug-likeness (QED) is 0.745. The van der Waals surface area contributed by atoms with Crippen LogP contribution in [0, 0.1) is 6.92 Å². The maximum absolute atomic E-state index is 5.57. The predicted molar refractivity (Wildman–Crippen MR) is 57.7 cm³/mol. The van der Waals surface area contributed by atoms with E-state index in [9.17, 15) is 0 Å². The fourth-order valence-electron chi connectivity index (χ4n) is 1.60. The molecule has 2 N–H and O–H groups in total. The molecule has 1 aliphatic rings. The first-order chi connectivity index (χ1) is 7.31. The molecule has 1 aliphatic heterocycles. The summed E-state index contributed by atoms with van der Waals surface area (Å²) in [5.74, 6) is 0.785. The SMILES string of the molecule is Cc1nc(N2CCOCC2)ncc1CN. The van der Waals surface area contributed by atoms with Crippen LogP contribution in [-0.2, 0) is 11.3 Å². The third kappa shape index (κ3) is 2.24. The van der Waals surface area contributed by atoms with Crippen LogP contribution in [0.2, 0.25) is 0 Å². The van der Waals surface area contributed by atoms with E-state index in [-0.39, 0.29) is 0 Å². The van der Waals surface area contributed by atoms with E-state index in [1.165, 1.54) is 0 Å². The minimum atomic E-state index is 0.495. The lowest BCUT2D eigenvalue weighted by Gasteiger charge is -2.27. The second-order valence-electron chi connectivity index (χ2n) is 3.58. The maximum Gasteiger partial charge on any atom is 0.225 e. The van der Waals surface area contributed by atoms with Gasteiger partial charge in [-0.25, -0.2) is 9.97 Å². The fourth-order valence-corrected chi connectivity index (χ4v) is 1.60. The molecule has 0 radical (unpaired) electrons. The van der Waals surface area contributed by atoms with Gasteiger partial charge in [0.2, 0.25) is 5.95 Å². The van der Waals surface area contributed by atoms with Gasteiger partial charge in [0.15, 0.2) is 0 Å². The summed E-state index contributed by atoms with van der Waals surface area (Å²) in [6.07, 6.45) is 1.81. The molecule has 1 saturated heterocycles. The Morgan fingerprint density at radius 2 is 2.20 bits per heavy atom. The number of hydrogen-bond donors (Lipinski definition) is 1. The Morgan fingerprint density at radius 3 is 2.80 bits per heavy atom. The molecule has 5 heteroatoms. The van der Waals surface area contributed by atoms with Crippen molar-refractivity contribution in [1.82, 2.24) is 9.97 Å². The third-order valence-electron chi connectivity index (χ3n) is 2.58. The average Bonchev–Trinajstić information content (AvgIpc) is 2.30. The number of aryl methyl sites for hydroxylation is 1. The normalized spacial score (nSPS) is 16.8. The molecule has 15 heavy (non-hydrogen) atoms. The molecular weight excluding hydrogens is 192 g/mol. The summed E-state index contributed by atoms with van der Waals surface area (Å²) in [5.41, 5.74) is 7.54. The molecule has 0 aromatic carbocycles. The number of anilines is 1. The van der Waals surface area contributed by atoms with Gasteiger partial charge in [-0.1, -0.05) is 0 Å². The summed E-state index contributed by atoms with van der Waals surface area (Å²) in [5, 5.41) is 0. The smallest absolute Gasteiger partial charge is 0.225 e. The summed E-state index contributed by atoms with van der Waals surface area (Å²) in [7, 11) is 0. The van der Waals surface area contributed by atoms with Crippen LogP contribution < -0.4 is 10.6 Å². The van der Waals surface area contributed by atoms with Crippen molar-refractivity contribution in [1.29, 1.82) is 0 Å². The van der Waals surface area contributed by atoms with Crippen molar-refractivity contribution in [2.45, 2.75) is 13.5 Å². The van der Waals surface area contributed by atoms with Gasteiger partial charge in [-0.2, -0.15) is 0 Å². The Labute approximate surface area is 89.3 Å². The molecule has 0 bridgehead atoms. The van der Waals surface area contributed by atoms with Crippen LogP contribution in [0.1, 0.15) is 11.3 Å². The topological polar surface area (TPSA) is 64.3 Å². The number of rotatable bonds is 2. The van der Waals surface area contributed by atoms with Crippen LogP contribution in [-0.4, -0.2) is 36.3 Å². The molecule has 1 aromatic rings. The minimum Gasteiger partial charge on any atom is -0.378 e. The summed E-state index contributed by atoms with van der Waals surface area (Å²) >= 11 is 0. The molecular formula is C10H16N4O. The van der Waals surface area contributed by atoms with Crippen LogP contribution in [0.5, 0.6) is 0 Å². The van der Waals surface area contributed by atoms with E-state index in [0.717, 1.165) is 43.5 Å². The highest BCUT2D eigenvalue weighted by Gasteiger charge is 2.14. The lowest BCUT2D eigenvalue weighted by molar-refractivity contribution is 0.122. The first kappa shape index (κ1) is 10.3. The highest BCUT2D eigenvalue weighted by molar-refractivity contribution is 5.33. The Kier molecular flexibility index (Phi) is 3.13. The standard InChI is InChI=1S/C10H16N4O/c1-8-9(6-11)7-12-10(13-8)14-2-4-15-5-3-14/h7H,2-6,11H2,1H3. The van der Waals surface area contributed by atoms with E-state index >= 15 is 0 Å². The van der Waals surface area contributed by atoms with Crippen molar-refractivity contribution >= 4 is 5.95 Å². The molecule has 82 valence electrons. The van der Waals surface area contributed by atoms with Gasteiger partial charge in [-0.15, -0.1) is 0 Å². The Bertz CT molecular complexity index is 336. The average molecular weight is 208 g/mol. The predicted octanol–water partition coefficient (Wildman–Crippen LogP) is 0.0803. The second kappa shape index (κ2) is 4.55. The molecule has 0 spiro atoms. The fraction of sp³-hybridized carbons (Fsp3) is 0.600. The van der Waals surface area contributed by atoms with Gasteiger partial charge < -0.3 is 15.4 Å². The molecule has 0 aliphatic carbocycles. The lowest BCUT2D eigenvalue weighted by Crippen LogP contribution is -2.37. The zero-order valence-corrected chi connectivity index (χ0v) is 8.94. The number of morpholine rings is 1. The van der Waals surface area contributed by atoms with E-state index in [1.54, 1.807) is 0 Å². The van der Waals surface area contributed by atoms with E-state index in [0.29, 0.717) is 6.54 Å². The first-order valence-corrected chi connectivity index (χ1v) is 5.16. The van der Waals surface area contributed by atoms with E-state index in [2.05, 4.69) is 14.9 Å². The van der Waals surface area contributed by atoms with E-state index in [1.807, 2.05) is 13.1 Å². The van der Waals surface area contributed by atoms with Crippen molar-refractivity contribution in [2.24, 2.45) is 5.73 Å². The maximum atomic E-state index is 5.57. The van der Waals surface area contributed by atoms with Crippen LogP contribution >= 0.6 is 0 Å². The van der Waals surface area contributed by atoms with Gasteiger partial charge in [0.05, 0.1) is 13.2 Å². The molecule has 0 unspecified atom stereocenters. The molecule has 5 nitrogen and oxygen atoms in total. The van der Waals surface area contributed by atoms with Gasteiger partial charge in [-0.05, 0) is 6.92 Å². The van der Waals surface area contributed by atoms with E-state index < -0.39 is 0 Å². The van der Waals surface area contributed by atoms with Crippen molar-refractivity contribution in [3.05, 3.63) is 17.5 Å². The highest BCUT2D eigenvalue weighted by atomic mass is 16.5. The van der Waals surface area contributed by atoms with Gasteiger partial charge in [-0.3, -0.25) is 0 Å². The van der Waals surface area contributed by atoms with Crippen LogP contribution in [0.4, 0.5) is 5.95 Å². The lowest BCUT2D eigenvalue weighted by atomic mass is 10.2. The van der Waals surface area contributed by atoms with Gasteiger partial charge in [0.1, 0.15) is 0 Å². The zero-order chi connectivity index (χ0) is 10.7. The Hall–Kier alpha value is -1.20.